The predicted molar refractivity (Wildman–Crippen MR) is 82.8 cm³/mol. The van der Waals surface area contributed by atoms with Gasteiger partial charge in [0.15, 0.2) is 0 Å². The van der Waals surface area contributed by atoms with Gasteiger partial charge in [0.1, 0.15) is 0 Å². The fourth-order valence-corrected chi connectivity index (χ4v) is 2.51. The van der Waals surface area contributed by atoms with E-state index in [4.69, 9.17) is 5.73 Å². The largest absolute Gasteiger partial charge is 0.348 e. The lowest BCUT2D eigenvalue weighted by molar-refractivity contribution is 0.0905. The number of likely N-dealkylation sites (tertiary alicyclic amines) is 1. The Morgan fingerprint density at radius 2 is 2.43 bits per heavy atom. The lowest BCUT2D eigenvalue weighted by atomic mass is 10.1. The Balaban J connectivity index is 1.99. The van der Waals surface area contributed by atoms with E-state index in [1.807, 2.05) is 0 Å². The Bertz CT molecular complexity index is 547. The molecule has 1 aromatic heterocycles. The summed E-state index contributed by atoms with van der Waals surface area (Å²) in [5, 5.41) is 3.09. The second-order valence-electron chi connectivity index (χ2n) is 5.17. The van der Waals surface area contributed by atoms with Crippen LogP contribution in [0.3, 0.4) is 0 Å². The molecule has 1 amide bonds. The lowest BCUT2D eigenvalue weighted by Gasteiger charge is -2.32. The van der Waals surface area contributed by atoms with Gasteiger partial charge in [-0.15, -0.1) is 0 Å². The van der Waals surface area contributed by atoms with Crippen molar-refractivity contribution in [1.82, 2.24) is 15.2 Å². The number of nitrogens with two attached hydrogens (primary N) is 1. The number of pyridine rings is 1. The SMILES string of the molecule is CCN1CCCC(NC(=O)c2cncc(C#CCN)c2)C1. The van der Waals surface area contributed by atoms with E-state index in [9.17, 15) is 4.79 Å². The third-order valence-electron chi connectivity index (χ3n) is 3.62. The summed E-state index contributed by atoms with van der Waals surface area (Å²) in [4.78, 5) is 18.7. The van der Waals surface area contributed by atoms with Crippen molar-refractivity contribution in [2.45, 2.75) is 25.8 Å². The number of nitrogens with zero attached hydrogens (tertiary/aromatic N) is 2. The van der Waals surface area contributed by atoms with Gasteiger partial charge >= 0.3 is 0 Å². The highest BCUT2D eigenvalue weighted by atomic mass is 16.1. The van der Waals surface area contributed by atoms with E-state index in [0.29, 0.717) is 17.7 Å². The van der Waals surface area contributed by atoms with Crippen LogP contribution in [0, 0.1) is 11.8 Å². The molecule has 1 aromatic rings. The number of hydrogen-bond acceptors (Lipinski definition) is 4. The van der Waals surface area contributed by atoms with Crippen LogP contribution in [0.5, 0.6) is 0 Å². The van der Waals surface area contributed by atoms with Gasteiger partial charge in [0.05, 0.1) is 12.1 Å². The molecule has 1 unspecified atom stereocenters. The minimum atomic E-state index is -0.0816. The van der Waals surface area contributed by atoms with Crippen molar-refractivity contribution in [2.75, 3.05) is 26.2 Å². The van der Waals surface area contributed by atoms with Crippen LogP contribution in [0.15, 0.2) is 18.5 Å². The van der Waals surface area contributed by atoms with E-state index in [2.05, 4.69) is 34.0 Å². The van der Waals surface area contributed by atoms with Crippen LogP contribution in [0.4, 0.5) is 0 Å². The van der Waals surface area contributed by atoms with Crippen LogP contribution in [0.25, 0.3) is 0 Å². The number of likely N-dealkylation sites (N-methyl/N-ethyl adjacent to an activating group) is 1. The second kappa shape index (κ2) is 7.77. The summed E-state index contributed by atoms with van der Waals surface area (Å²) in [5.74, 6) is 5.58. The molecule has 0 radical (unpaired) electrons. The molecule has 2 rings (SSSR count). The third kappa shape index (κ3) is 4.55. The fourth-order valence-electron chi connectivity index (χ4n) is 2.51. The predicted octanol–water partition coefficient (Wildman–Crippen LogP) is 0.606. The molecule has 0 bridgehead atoms. The normalized spacial score (nSPS) is 18.7. The standard InChI is InChI=1S/C16H22N4O/c1-2-20-8-4-6-15(12-20)19-16(21)14-9-13(5-3-7-17)10-18-11-14/h9-11,15H,2,4,6-8,12,17H2,1H3,(H,19,21). The number of aromatic nitrogens is 1. The van der Waals surface area contributed by atoms with E-state index in [1.54, 1.807) is 18.5 Å². The van der Waals surface area contributed by atoms with Crippen LogP contribution in [-0.4, -0.2) is 48.0 Å². The first-order valence-electron chi connectivity index (χ1n) is 7.40. The first-order chi connectivity index (χ1) is 10.2. The molecule has 112 valence electrons. The summed E-state index contributed by atoms with van der Waals surface area (Å²) in [6.45, 7) is 5.51. The monoisotopic (exact) mass is 286 g/mol. The maximum absolute atomic E-state index is 12.3. The van der Waals surface area contributed by atoms with Gasteiger partial charge in [-0.05, 0) is 32.0 Å². The average Bonchev–Trinajstić information content (AvgIpc) is 2.53. The van der Waals surface area contributed by atoms with Crippen molar-refractivity contribution in [1.29, 1.82) is 0 Å². The quantitative estimate of drug-likeness (QED) is 0.799. The van der Waals surface area contributed by atoms with Crippen molar-refractivity contribution in [3.63, 3.8) is 0 Å². The maximum Gasteiger partial charge on any atom is 0.253 e. The number of nitrogens with one attached hydrogen (secondary N) is 1. The fraction of sp³-hybridized carbons (Fsp3) is 0.500. The maximum atomic E-state index is 12.3. The van der Waals surface area contributed by atoms with E-state index >= 15 is 0 Å². The summed E-state index contributed by atoms with van der Waals surface area (Å²) < 4.78 is 0. The van der Waals surface area contributed by atoms with E-state index in [1.165, 1.54) is 0 Å². The summed E-state index contributed by atoms with van der Waals surface area (Å²) >= 11 is 0. The first kappa shape index (κ1) is 15.5. The average molecular weight is 286 g/mol. The van der Waals surface area contributed by atoms with Gasteiger partial charge in [0, 0.05) is 30.5 Å². The molecular formula is C16H22N4O. The molecule has 1 aliphatic rings. The molecule has 0 spiro atoms. The van der Waals surface area contributed by atoms with Crippen LogP contribution in [-0.2, 0) is 0 Å². The number of hydrogen-bond donors (Lipinski definition) is 2. The molecule has 0 saturated carbocycles. The molecule has 5 heteroatoms. The van der Waals surface area contributed by atoms with Crippen molar-refractivity contribution in [2.24, 2.45) is 5.73 Å². The number of carbonyl (C=O) groups is 1. The zero-order chi connectivity index (χ0) is 15.1. The minimum absolute atomic E-state index is 0.0816. The summed E-state index contributed by atoms with van der Waals surface area (Å²) in [6.07, 6.45) is 5.36. The molecule has 1 saturated heterocycles. The molecular weight excluding hydrogens is 264 g/mol. The molecule has 2 heterocycles. The van der Waals surface area contributed by atoms with Crippen molar-refractivity contribution in [3.05, 3.63) is 29.6 Å². The smallest absolute Gasteiger partial charge is 0.253 e. The van der Waals surface area contributed by atoms with Crippen LogP contribution in [0.1, 0.15) is 35.7 Å². The Morgan fingerprint density at radius 1 is 1.57 bits per heavy atom. The topological polar surface area (TPSA) is 71.2 Å². The summed E-state index contributed by atoms with van der Waals surface area (Å²) in [5.41, 5.74) is 6.61. The van der Waals surface area contributed by atoms with Gasteiger partial charge in [0.2, 0.25) is 0 Å². The van der Waals surface area contributed by atoms with Crippen molar-refractivity contribution < 1.29 is 4.79 Å². The van der Waals surface area contributed by atoms with Gasteiger partial charge in [-0.3, -0.25) is 9.78 Å². The van der Waals surface area contributed by atoms with Gasteiger partial charge in [-0.25, -0.2) is 0 Å². The molecule has 1 aliphatic heterocycles. The third-order valence-corrected chi connectivity index (χ3v) is 3.62. The highest BCUT2D eigenvalue weighted by Gasteiger charge is 2.20. The van der Waals surface area contributed by atoms with Gasteiger partial charge in [-0.2, -0.15) is 0 Å². The summed E-state index contributed by atoms with van der Waals surface area (Å²) in [7, 11) is 0. The molecule has 21 heavy (non-hydrogen) atoms. The highest BCUT2D eigenvalue weighted by Crippen LogP contribution is 2.10. The van der Waals surface area contributed by atoms with E-state index in [0.717, 1.165) is 32.5 Å². The number of carbonyl (C=O) groups excluding carboxylic acids is 1. The Labute approximate surface area is 125 Å². The zero-order valence-corrected chi connectivity index (χ0v) is 12.4. The molecule has 1 atom stereocenters. The molecule has 1 fully saturated rings. The zero-order valence-electron chi connectivity index (χ0n) is 12.4. The molecule has 0 aromatic carbocycles. The Hall–Kier alpha value is -1.90. The Kier molecular flexibility index (Phi) is 5.73. The number of rotatable bonds is 3. The van der Waals surface area contributed by atoms with Crippen LogP contribution < -0.4 is 11.1 Å². The highest BCUT2D eigenvalue weighted by molar-refractivity contribution is 5.94. The van der Waals surface area contributed by atoms with Crippen molar-refractivity contribution >= 4 is 5.91 Å². The first-order valence-corrected chi connectivity index (χ1v) is 7.40. The molecule has 5 nitrogen and oxygen atoms in total. The van der Waals surface area contributed by atoms with Crippen molar-refractivity contribution in [3.8, 4) is 11.8 Å². The number of piperidine rings is 1. The van der Waals surface area contributed by atoms with Gasteiger partial charge in [0.25, 0.3) is 5.91 Å². The van der Waals surface area contributed by atoms with Gasteiger partial charge in [-0.1, -0.05) is 18.8 Å². The Morgan fingerprint density at radius 3 is 3.19 bits per heavy atom. The van der Waals surface area contributed by atoms with Gasteiger partial charge < -0.3 is 16.0 Å². The second-order valence-corrected chi connectivity index (χ2v) is 5.17. The number of amides is 1. The van der Waals surface area contributed by atoms with E-state index < -0.39 is 0 Å². The van der Waals surface area contributed by atoms with E-state index in [-0.39, 0.29) is 11.9 Å². The van der Waals surface area contributed by atoms with Crippen LogP contribution in [0.2, 0.25) is 0 Å². The molecule has 3 N–H and O–H groups in total. The summed E-state index contributed by atoms with van der Waals surface area (Å²) in [6, 6.07) is 1.97. The molecule has 0 aliphatic carbocycles. The van der Waals surface area contributed by atoms with Crippen LogP contribution >= 0.6 is 0 Å². The lowest BCUT2D eigenvalue weighted by Crippen LogP contribution is -2.47. The minimum Gasteiger partial charge on any atom is -0.348 e.